The van der Waals surface area contributed by atoms with Crippen LogP contribution in [0.25, 0.3) is 0 Å². The van der Waals surface area contributed by atoms with Crippen molar-refractivity contribution < 1.29 is 13.9 Å². The number of rotatable bonds is 12. The Morgan fingerprint density at radius 2 is 1.33 bits per heavy atom. The fraction of sp³-hybridized carbons (Fsp3) is 1.00. The zero-order valence-corrected chi connectivity index (χ0v) is 13.7. The second kappa shape index (κ2) is 12.9. The summed E-state index contributed by atoms with van der Waals surface area (Å²) in [5, 5.41) is -0.116. The van der Waals surface area contributed by atoms with Crippen molar-refractivity contribution in [1.29, 1.82) is 0 Å². The standard InChI is InChI=1S/C12H25Cl2O3P/c1-3-5-7-11(13)9-16-18(15)17-10-12(14)8-6-4-2/h11-12,15H,3-10H2,1-2H3. The molecule has 0 aromatic carbocycles. The van der Waals surface area contributed by atoms with Crippen LogP contribution in [0.4, 0.5) is 0 Å². The molecule has 0 aliphatic carbocycles. The number of hydrogen-bond acceptors (Lipinski definition) is 3. The summed E-state index contributed by atoms with van der Waals surface area (Å²) in [6.07, 6.45) is 6.16. The minimum absolute atomic E-state index is 0.0578. The Labute approximate surface area is 122 Å². The average molecular weight is 319 g/mol. The zero-order chi connectivity index (χ0) is 13.8. The Morgan fingerprint density at radius 3 is 1.67 bits per heavy atom. The van der Waals surface area contributed by atoms with E-state index in [4.69, 9.17) is 32.2 Å². The molecule has 2 atom stereocenters. The van der Waals surface area contributed by atoms with E-state index >= 15 is 0 Å². The van der Waals surface area contributed by atoms with Gasteiger partial charge in [-0.2, -0.15) is 0 Å². The molecule has 0 bridgehead atoms. The first-order chi connectivity index (χ1) is 8.60. The van der Waals surface area contributed by atoms with Crippen LogP contribution < -0.4 is 0 Å². The second-order valence-corrected chi connectivity index (χ2v) is 6.53. The first kappa shape index (κ1) is 18.9. The molecule has 0 aromatic rings. The Morgan fingerprint density at radius 1 is 0.944 bits per heavy atom. The molecule has 0 spiro atoms. The van der Waals surface area contributed by atoms with Crippen molar-refractivity contribution in [3.63, 3.8) is 0 Å². The topological polar surface area (TPSA) is 38.7 Å². The van der Waals surface area contributed by atoms with Gasteiger partial charge in [0.2, 0.25) is 0 Å². The molecule has 2 unspecified atom stereocenters. The van der Waals surface area contributed by atoms with Crippen molar-refractivity contribution in [2.24, 2.45) is 0 Å². The van der Waals surface area contributed by atoms with Crippen molar-refractivity contribution in [2.75, 3.05) is 13.2 Å². The molecule has 0 aromatic heterocycles. The van der Waals surface area contributed by atoms with Crippen LogP contribution in [0, 0.1) is 0 Å². The smallest absolute Gasteiger partial charge is 0.328 e. The molecule has 0 saturated carbocycles. The lowest BCUT2D eigenvalue weighted by atomic mass is 10.2. The van der Waals surface area contributed by atoms with Gasteiger partial charge in [0.25, 0.3) is 0 Å². The summed E-state index contributed by atoms with van der Waals surface area (Å²) < 4.78 is 10.3. The van der Waals surface area contributed by atoms with Crippen molar-refractivity contribution in [3.05, 3.63) is 0 Å². The van der Waals surface area contributed by atoms with Crippen LogP contribution in [-0.2, 0) is 9.05 Å². The van der Waals surface area contributed by atoms with Gasteiger partial charge in [-0.05, 0) is 12.8 Å². The van der Waals surface area contributed by atoms with Gasteiger partial charge in [0.05, 0.1) is 24.0 Å². The summed E-state index contributed by atoms with van der Waals surface area (Å²) in [5.74, 6) is 0. The minimum atomic E-state index is -1.84. The SMILES string of the molecule is CCCCC(Cl)COP(O)OCC(Cl)CCCC. The maximum Gasteiger partial charge on any atom is 0.329 e. The highest BCUT2D eigenvalue weighted by atomic mass is 35.5. The highest BCUT2D eigenvalue weighted by Gasteiger charge is 2.13. The number of halogens is 2. The fourth-order valence-electron chi connectivity index (χ4n) is 1.34. The third-order valence-corrected chi connectivity index (χ3v) is 3.90. The van der Waals surface area contributed by atoms with E-state index in [1.807, 2.05) is 0 Å². The summed E-state index contributed by atoms with van der Waals surface area (Å²) >= 11 is 12.1. The Bertz CT molecular complexity index is 169. The van der Waals surface area contributed by atoms with Gasteiger partial charge in [0.1, 0.15) is 0 Å². The lowest BCUT2D eigenvalue weighted by molar-refractivity contribution is 0.196. The molecule has 110 valence electrons. The number of alkyl halides is 2. The van der Waals surface area contributed by atoms with Gasteiger partial charge in [0, 0.05) is 0 Å². The maximum atomic E-state index is 9.50. The van der Waals surface area contributed by atoms with Crippen molar-refractivity contribution >= 4 is 31.8 Å². The van der Waals surface area contributed by atoms with E-state index in [1.54, 1.807) is 0 Å². The van der Waals surface area contributed by atoms with Crippen LogP contribution in [0.2, 0.25) is 0 Å². The lowest BCUT2D eigenvalue weighted by Gasteiger charge is -2.15. The van der Waals surface area contributed by atoms with Crippen LogP contribution in [0.3, 0.4) is 0 Å². The Kier molecular flexibility index (Phi) is 13.5. The molecule has 0 amide bonds. The van der Waals surface area contributed by atoms with Gasteiger partial charge in [-0.15, -0.1) is 23.2 Å². The molecule has 1 N–H and O–H groups in total. The molecule has 0 aliphatic rings. The largest absolute Gasteiger partial charge is 0.329 e. The minimum Gasteiger partial charge on any atom is -0.328 e. The van der Waals surface area contributed by atoms with E-state index in [-0.39, 0.29) is 10.8 Å². The van der Waals surface area contributed by atoms with Crippen LogP contribution in [0.5, 0.6) is 0 Å². The summed E-state index contributed by atoms with van der Waals surface area (Å²) in [4.78, 5) is 9.50. The van der Waals surface area contributed by atoms with Crippen LogP contribution in [0.15, 0.2) is 0 Å². The van der Waals surface area contributed by atoms with Gasteiger partial charge in [-0.25, -0.2) is 0 Å². The molecule has 0 saturated heterocycles. The van der Waals surface area contributed by atoms with Crippen LogP contribution >= 0.6 is 31.8 Å². The van der Waals surface area contributed by atoms with Crippen LogP contribution in [-0.4, -0.2) is 28.9 Å². The summed E-state index contributed by atoms with van der Waals surface area (Å²) in [6, 6.07) is 0. The molecule has 0 fully saturated rings. The molecule has 0 rings (SSSR count). The van der Waals surface area contributed by atoms with Crippen molar-refractivity contribution in [2.45, 2.75) is 63.1 Å². The fourth-order valence-corrected chi connectivity index (χ4v) is 2.64. The van der Waals surface area contributed by atoms with E-state index in [0.717, 1.165) is 38.5 Å². The van der Waals surface area contributed by atoms with E-state index in [9.17, 15) is 4.89 Å². The third kappa shape index (κ3) is 12.0. The first-order valence-corrected chi connectivity index (χ1v) is 8.63. The molecule has 0 heterocycles. The predicted octanol–water partition coefficient (Wildman–Crippen LogP) is 4.83. The second-order valence-electron chi connectivity index (χ2n) is 4.31. The van der Waals surface area contributed by atoms with Gasteiger partial charge in [-0.3, -0.25) is 0 Å². The van der Waals surface area contributed by atoms with Crippen LogP contribution in [0.1, 0.15) is 52.4 Å². The van der Waals surface area contributed by atoms with Gasteiger partial charge < -0.3 is 13.9 Å². The maximum absolute atomic E-state index is 9.50. The number of hydrogen-bond donors (Lipinski definition) is 1. The molecule has 0 radical (unpaired) electrons. The predicted molar refractivity (Wildman–Crippen MR) is 79.4 cm³/mol. The van der Waals surface area contributed by atoms with E-state index < -0.39 is 8.60 Å². The normalized spacial score (nSPS) is 16.5. The highest BCUT2D eigenvalue weighted by Crippen LogP contribution is 2.34. The molecule has 6 heteroatoms. The Balaban J connectivity index is 3.49. The van der Waals surface area contributed by atoms with Crippen molar-refractivity contribution in [3.8, 4) is 0 Å². The number of unbranched alkanes of at least 4 members (excludes halogenated alkanes) is 2. The monoisotopic (exact) mass is 318 g/mol. The van der Waals surface area contributed by atoms with Crippen molar-refractivity contribution in [1.82, 2.24) is 0 Å². The lowest BCUT2D eigenvalue weighted by Crippen LogP contribution is -2.10. The molecule has 0 aliphatic heterocycles. The first-order valence-electron chi connectivity index (χ1n) is 6.63. The molecule has 18 heavy (non-hydrogen) atoms. The highest BCUT2D eigenvalue weighted by molar-refractivity contribution is 7.40. The summed E-state index contributed by atoms with van der Waals surface area (Å²) in [5.41, 5.74) is 0. The van der Waals surface area contributed by atoms with Gasteiger partial charge in [-0.1, -0.05) is 39.5 Å². The molecular formula is C12H25Cl2O3P. The Hall–Kier alpha value is 0.890. The zero-order valence-electron chi connectivity index (χ0n) is 11.3. The average Bonchev–Trinajstić information content (AvgIpc) is 2.37. The summed E-state index contributed by atoms with van der Waals surface area (Å²) in [7, 11) is -1.84. The van der Waals surface area contributed by atoms with Gasteiger partial charge in [0.15, 0.2) is 0 Å². The summed E-state index contributed by atoms with van der Waals surface area (Å²) in [6.45, 7) is 4.88. The van der Waals surface area contributed by atoms with E-state index in [0.29, 0.717) is 13.2 Å². The molecular weight excluding hydrogens is 294 g/mol. The third-order valence-electron chi connectivity index (χ3n) is 2.47. The van der Waals surface area contributed by atoms with E-state index in [1.165, 1.54) is 0 Å². The molecule has 3 nitrogen and oxygen atoms in total. The quantitative estimate of drug-likeness (QED) is 0.413. The van der Waals surface area contributed by atoms with E-state index in [2.05, 4.69) is 13.8 Å². The van der Waals surface area contributed by atoms with Gasteiger partial charge >= 0.3 is 8.60 Å².